The summed E-state index contributed by atoms with van der Waals surface area (Å²) in [6.07, 6.45) is -0.945. The molecule has 3 aromatic carbocycles. The summed E-state index contributed by atoms with van der Waals surface area (Å²) in [7, 11) is -3.66. The monoisotopic (exact) mass is 355 g/mol. The van der Waals surface area contributed by atoms with E-state index in [0.29, 0.717) is 16.8 Å². The van der Waals surface area contributed by atoms with Crippen molar-refractivity contribution in [3.05, 3.63) is 66.7 Å². The zero-order valence-electron chi connectivity index (χ0n) is 13.4. The molecule has 6 heteroatoms. The van der Waals surface area contributed by atoms with E-state index < -0.39 is 16.1 Å². The Bertz CT molecular complexity index is 1010. The average Bonchev–Trinajstić information content (AvgIpc) is 2.84. The Morgan fingerprint density at radius 1 is 0.960 bits per heavy atom. The summed E-state index contributed by atoms with van der Waals surface area (Å²) in [6.45, 7) is -0.0364. The van der Waals surface area contributed by atoms with Gasteiger partial charge < -0.3 is 9.84 Å². The summed E-state index contributed by atoms with van der Waals surface area (Å²) >= 11 is 0. The second kappa shape index (κ2) is 6.06. The van der Waals surface area contributed by atoms with Crippen LogP contribution in [0.3, 0.4) is 0 Å². The first kappa shape index (κ1) is 15.9. The summed E-state index contributed by atoms with van der Waals surface area (Å²) in [5.74, 6) is 0.635. The van der Waals surface area contributed by atoms with Crippen LogP contribution in [0, 0.1) is 0 Å². The second-order valence-electron chi connectivity index (χ2n) is 5.95. The first-order chi connectivity index (χ1) is 12.1. The highest BCUT2D eigenvalue weighted by Crippen LogP contribution is 2.41. The van der Waals surface area contributed by atoms with Gasteiger partial charge in [-0.25, -0.2) is 8.42 Å². The molecule has 1 aliphatic heterocycles. The first-order valence-corrected chi connectivity index (χ1v) is 9.42. The number of benzene rings is 3. The molecule has 1 aliphatic rings. The van der Waals surface area contributed by atoms with Crippen molar-refractivity contribution in [3.8, 4) is 5.75 Å². The molecule has 3 aromatic rings. The molecule has 25 heavy (non-hydrogen) atoms. The number of anilines is 1. The summed E-state index contributed by atoms with van der Waals surface area (Å²) in [6, 6.07) is 19.8. The Morgan fingerprint density at radius 2 is 1.68 bits per heavy atom. The minimum absolute atomic E-state index is 0.0162. The highest BCUT2D eigenvalue weighted by atomic mass is 32.2. The number of sulfonamides is 1. The van der Waals surface area contributed by atoms with Crippen molar-refractivity contribution in [1.82, 2.24) is 0 Å². The molecule has 5 nitrogen and oxygen atoms in total. The molecule has 1 heterocycles. The van der Waals surface area contributed by atoms with Gasteiger partial charge in [0.2, 0.25) is 0 Å². The maximum Gasteiger partial charge on any atom is 0.265 e. The summed E-state index contributed by atoms with van der Waals surface area (Å²) in [4.78, 5) is 0.289. The van der Waals surface area contributed by atoms with Crippen molar-refractivity contribution < 1.29 is 18.3 Å². The molecular formula is C19H17NO4S. The zero-order valence-corrected chi connectivity index (χ0v) is 14.2. The molecule has 0 radical (unpaired) electrons. The maximum absolute atomic E-state index is 12.8. The van der Waals surface area contributed by atoms with Crippen molar-refractivity contribution in [1.29, 1.82) is 0 Å². The van der Waals surface area contributed by atoms with Crippen molar-refractivity contribution in [2.24, 2.45) is 0 Å². The number of ether oxygens (including phenoxy) is 1. The zero-order chi connectivity index (χ0) is 17.4. The number of hydrogen-bond acceptors (Lipinski definition) is 4. The molecule has 0 fully saturated rings. The van der Waals surface area contributed by atoms with Crippen LogP contribution in [0.25, 0.3) is 10.8 Å². The van der Waals surface area contributed by atoms with Gasteiger partial charge in [0.1, 0.15) is 18.5 Å². The third-order valence-corrected chi connectivity index (χ3v) is 6.07. The number of para-hydroxylation sites is 1. The third kappa shape index (κ3) is 2.73. The lowest BCUT2D eigenvalue weighted by atomic mass is 10.1. The Labute approximate surface area is 146 Å². The fraction of sp³-hybridized carbons (Fsp3) is 0.158. The van der Waals surface area contributed by atoms with Crippen LogP contribution in [0.1, 0.15) is 0 Å². The largest absolute Gasteiger partial charge is 0.491 e. The molecule has 128 valence electrons. The van der Waals surface area contributed by atoms with Gasteiger partial charge in [0.25, 0.3) is 10.0 Å². The topological polar surface area (TPSA) is 66.8 Å². The van der Waals surface area contributed by atoms with Crippen LogP contribution in [0.5, 0.6) is 5.75 Å². The van der Waals surface area contributed by atoms with Crippen LogP contribution in [0.15, 0.2) is 71.6 Å². The van der Waals surface area contributed by atoms with Crippen molar-refractivity contribution >= 4 is 26.5 Å². The molecule has 0 aromatic heterocycles. The van der Waals surface area contributed by atoms with Crippen LogP contribution in [0.4, 0.5) is 5.69 Å². The van der Waals surface area contributed by atoms with E-state index in [0.717, 1.165) is 5.39 Å². The van der Waals surface area contributed by atoms with E-state index in [-0.39, 0.29) is 18.0 Å². The molecule has 0 aliphatic carbocycles. The fourth-order valence-electron chi connectivity index (χ4n) is 3.11. The fourth-order valence-corrected chi connectivity index (χ4v) is 4.86. The van der Waals surface area contributed by atoms with Gasteiger partial charge in [-0.15, -0.1) is 0 Å². The summed E-state index contributed by atoms with van der Waals surface area (Å²) < 4.78 is 32.5. The number of aliphatic hydroxyl groups excluding tert-OH is 1. The van der Waals surface area contributed by atoms with Crippen LogP contribution < -0.4 is 9.04 Å². The smallest absolute Gasteiger partial charge is 0.265 e. The van der Waals surface area contributed by atoms with Crippen LogP contribution in [-0.4, -0.2) is 32.8 Å². The quantitative estimate of drug-likeness (QED) is 0.764. The van der Waals surface area contributed by atoms with Crippen LogP contribution in [0.2, 0.25) is 0 Å². The highest BCUT2D eigenvalue weighted by Gasteiger charge is 2.36. The van der Waals surface area contributed by atoms with Gasteiger partial charge in [-0.1, -0.05) is 42.5 Å². The Kier molecular flexibility index (Phi) is 3.86. The summed E-state index contributed by atoms with van der Waals surface area (Å²) in [5, 5.41) is 11.9. The van der Waals surface area contributed by atoms with Crippen LogP contribution in [-0.2, 0) is 10.0 Å². The van der Waals surface area contributed by atoms with Crippen LogP contribution >= 0.6 is 0 Å². The predicted molar refractivity (Wildman–Crippen MR) is 96.4 cm³/mol. The van der Waals surface area contributed by atoms with E-state index in [1.54, 1.807) is 30.3 Å². The minimum Gasteiger partial charge on any atom is -0.491 e. The predicted octanol–water partition coefficient (Wildman–Crippen LogP) is 2.79. The Balaban J connectivity index is 1.58. The average molecular weight is 355 g/mol. The van der Waals surface area contributed by atoms with Crippen molar-refractivity contribution in [2.45, 2.75) is 11.0 Å². The molecule has 1 atom stereocenters. The van der Waals surface area contributed by atoms with E-state index in [2.05, 4.69) is 0 Å². The molecule has 0 saturated carbocycles. The molecule has 0 unspecified atom stereocenters. The second-order valence-corrected chi connectivity index (χ2v) is 7.78. The van der Waals surface area contributed by atoms with E-state index in [1.165, 1.54) is 4.31 Å². The lowest BCUT2D eigenvalue weighted by Crippen LogP contribution is -2.37. The van der Waals surface area contributed by atoms with Crippen molar-refractivity contribution in [3.63, 3.8) is 0 Å². The van der Waals surface area contributed by atoms with E-state index in [4.69, 9.17) is 4.74 Å². The van der Waals surface area contributed by atoms with E-state index >= 15 is 0 Å². The lowest BCUT2D eigenvalue weighted by Gasteiger charge is -2.22. The lowest BCUT2D eigenvalue weighted by molar-refractivity contribution is 0.115. The Hall–Kier alpha value is -2.57. The van der Waals surface area contributed by atoms with E-state index in [9.17, 15) is 13.5 Å². The normalized spacial score (nSPS) is 16.1. The molecule has 0 saturated heterocycles. The number of nitrogens with zero attached hydrogens (tertiary/aromatic N) is 1. The van der Waals surface area contributed by atoms with Gasteiger partial charge in [0.15, 0.2) is 0 Å². The first-order valence-electron chi connectivity index (χ1n) is 7.98. The van der Waals surface area contributed by atoms with Gasteiger partial charge in [0, 0.05) is 5.39 Å². The van der Waals surface area contributed by atoms with E-state index in [1.807, 2.05) is 36.4 Å². The molecule has 4 rings (SSSR count). The molecule has 0 spiro atoms. The molecule has 1 N–H and O–H groups in total. The number of β-amino-alcohol motifs (C(OH)–C–C–N with tert-alkyl or cyclic N) is 1. The minimum atomic E-state index is -3.66. The number of hydrogen-bond donors (Lipinski definition) is 1. The van der Waals surface area contributed by atoms with Crippen molar-refractivity contribution in [2.75, 3.05) is 17.5 Å². The standard InChI is InChI=1S/C19H17NO4S/c21-15(13-24-16-8-2-1-3-9-16)12-20-17-10-4-6-14-7-5-11-18(19(14)17)25(20,22)23/h1-11,15,21H,12-13H2/t15-/m0/s1. The molecule has 0 bridgehead atoms. The van der Waals surface area contributed by atoms with Gasteiger partial charge in [-0.2, -0.15) is 0 Å². The van der Waals surface area contributed by atoms with Gasteiger partial charge >= 0.3 is 0 Å². The Morgan fingerprint density at radius 3 is 2.44 bits per heavy atom. The SMILES string of the molecule is O=S1(=O)c2cccc3cccc(c23)N1C[C@H](O)COc1ccccc1. The van der Waals surface area contributed by atoms with Gasteiger partial charge in [-0.05, 0) is 29.7 Å². The number of aliphatic hydroxyl groups is 1. The highest BCUT2D eigenvalue weighted by molar-refractivity contribution is 7.93. The number of rotatable bonds is 5. The molecular weight excluding hydrogens is 338 g/mol. The molecule has 0 amide bonds. The maximum atomic E-state index is 12.8. The third-order valence-electron chi connectivity index (χ3n) is 4.24. The van der Waals surface area contributed by atoms with Gasteiger partial charge in [-0.3, -0.25) is 4.31 Å². The van der Waals surface area contributed by atoms with Gasteiger partial charge in [0.05, 0.1) is 17.1 Å². The summed E-state index contributed by atoms with van der Waals surface area (Å²) in [5.41, 5.74) is 0.604.